The van der Waals surface area contributed by atoms with Crippen LogP contribution in [0.2, 0.25) is 0 Å². The molecule has 0 amide bonds. The smallest absolute Gasteiger partial charge is 0.120 e. The van der Waals surface area contributed by atoms with Gasteiger partial charge in [-0.25, -0.2) is 0 Å². The van der Waals surface area contributed by atoms with Crippen molar-refractivity contribution in [3.8, 4) is 5.75 Å². The molecule has 1 aliphatic heterocycles. The summed E-state index contributed by atoms with van der Waals surface area (Å²) in [5.74, 6) is 1.06. The van der Waals surface area contributed by atoms with Crippen LogP contribution >= 0.6 is 0 Å². The normalized spacial score (nSPS) is 21.2. The average Bonchev–Trinajstić information content (AvgIpc) is 2.61. The molecule has 1 heterocycles. The second kappa shape index (κ2) is 7.37. The van der Waals surface area contributed by atoms with E-state index < -0.39 is 5.60 Å². The summed E-state index contributed by atoms with van der Waals surface area (Å²) in [5.41, 5.74) is 1.25. The van der Waals surface area contributed by atoms with Crippen molar-refractivity contribution in [2.45, 2.75) is 32.0 Å². The van der Waals surface area contributed by atoms with Crippen molar-refractivity contribution in [2.24, 2.45) is 5.92 Å². The van der Waals surface area contributed by atoms with Crippen molar-refractivity contribution in [2.75, 3.05) is 20.1 Å². The summed E-state index contributed by atoms with van der Waals surface area (Å²) >= 11 is 0. The van der Waals surface area contributed by atoms with Gasteiger partial charge < -0.3 is 14.7 Å². The van der Waals surface area contributed by atoms with Gasteiger partial charge in [0.15, 0.2) is 0 Å². The Hall–Kier alpha value is -1.84. The van der Waals surface area contributed by atoms with Crippen LogP contribution in [0, 0.1) is 5.92 Å². The zero-order valence-electron chi connectivity index (χ0n) is 14.6. The maximum absolute atomic E-state index is 11.2. The van der Waals surface area contributed by atoms with Crippen LogP contribution in [0.15, 0.2) is 54.6 Å². The molecule has 2 unspecified atom stereocenters. The number of ether oxygens (including phenoxy) is 1. The van der Waals surface area contributed by atoms with E-state index in [9.17, 15) is 5.11 Å². The van der Waals surface area contributed by atoms with Crippen LogP contribution in [0.3, 0.4) is 0 Å². The van der Waals surface area contributed by atoms with Crippen LogP contribution in [0.25, 0.3) is 0 Å². The minimum atomic E-state index is -0.833. The summed E-state index contributed by atoms with van der Waals surface area (Å²) in [5, 5.41) is 11.2. The summed E-state index contributed by atoms with van der Waals surface area (Å²) in [4.78, 5) is 2.30. The summed E-state index contributed by atoms with van der Waals surface area (Å²) in [6.07, 6.45) is 2.20. The Bertz CT molecular complexity index is 654. The highest BCUT2D eigenvalue weighted by atomic mass is 16.5. The average molecular weight is 325 g/mol. The quantitative estimate of drug-likeness (QED) is 0.907. The van der Waals surface area contributed by atoms with E-state index in [-0.39, 0.29) is 5.92 Å². The van der Waals surface area contributed by atoms with E-state index in [1.54, 1.807) is 0 Å². The fourth-order valence-corrected chi connectivity index (χ4v) is 3.50. The summed E-state index contributed by atoms with van der Waals surface area (Å²) in [6, 6.07) is 18.0. The van der Waals surface area contributed by atoms with Gasteiger partial charge in [0.25, 0.3) is 0 Å². The molecule has 1 fully saturated rings. The Kier molecular flexibility index (Phi) is 5.22. The molecule has 0 radical (unpaired) electrons. The maximum Gasteiger partial charge on any atom is 0.120 e. The van der Waals surface area contributed by atoms with E-state index in [1.807, 2.05) is 49.4 Å². The largest absolute Gasteiger partial charge is 0.489 e. The van der Waals surface area contributed by atoms with E-state index in [4.69, 9.17) is 4.74 Å². The first kappa shape index (κ1) is 17.0. The van der Waals surface area contributed by atoms with Crippen LogP contribution in [0.1, 0.15) is 30.9 Å². The number of nitrogens with zero attached hydrogens (tertiary/aromatic N) is 1. The molecular formula is C21H27NO2. The lowest BCUT2D eigenvalue weighted by Gasteiger charge is -2.39. The third kappa shape index (κ3) is 3.97. The molecule has 3 nitrogen and oxygen atoms in total. The number of likely N-dealkylation sites (tertiary alicyclic amines) is 1. The van der Waals surface area contributed by atoms with E-state index in [1.165, 1.54) is 0 Å². The number of piperidine rings is 1. The van der Waals surface area contributed by atoms with Crippen LogP contribution in [-0.4, -0.2) is 30.1 Å². The predicted molar refractivity (Wildman–Crippen MR) is 97.0 cm³/mol. The van der Waals surface area contributed by atoms with Crippen LogP contribution in [0.5, 0.6) is 5.75 Å². The molecule has 0 saturated carbocycles. The fraction of sp³-hybridized carbons (Fsp3) is 0.429. The first-order valence-electron chi connectivity index (χ1n) is 8.74. The second-order valence-electron chi connectivity index (χ2n) is 7.05. The van der Waals surface area contributed by atoms with Crippen molar-refractivity contribution in [3.05, 3.63) is 65.7 Å². The van der Waals surface area contributed by atoms with E-state index >= 15 is 0 Å². The molecule has 0 aromatic heterocycles. The van der Waals surface area contributed by atoms with E-state index in [0.29, 0.717) is 6.61 Å². The standard InChI is InChI=1S/C21H27NO2/c1-21(23,19-11-7-13-22(2)15-19)18-10-6-12-20(14-18)24-16-17-8-4-3-5-9-17/h3-6,8-10,12,14,19,23H,7,11,13,15-16H2,1-2H3. The molecule has 2 aromatic carbocycles. The molecule has 0 spiro atoms. The van der Waals surface area contributed by atoms with Crippen LogP contribution < -0.4 is 4.74 Å². The SMILES string of the molecule is CN1CCCC(C(C)(O)c2cccc(OCc3ccccc3)c2)C1. The number of rotatable bonds is 5. The van der Waals surface area contributed by atoms with Gasteiger partial charge in [0, 0.05) is 12.5 Å². The highest BCUT2D eigenvalue weighted by Crippen LogP contribution is 2.36. The molecule has 1 N–H and O–H groups in total. The second-order valence-corrected chi connectivity index (χ2v) is 7.05. The Balaban J connectivity index is 1.71. The number of benzene rings is 2. The van der Waals surface area contributed by atoms with Gasteiger partial charge in [-0.05, 0) is 56.6 Å². The van der Waals surface area contributed by atoms with Gasteiger partial charge >= 0.3 is 0 Å². The minimum absolute atomic E-state index is 0.251. The van der Waals surface area contributed by atoms with Gasteiger partial charge in [0.05, 0.1) is 5.60 Å². The van der Waals surface area contributed by atoms with Crippen LogP contribution in [0.4, 0.5) is 0 Å². The van der Waals surface area contributed by atoms with Crippen molar-refractivity contribution in [3.63, 3.8) is 0 Å². The van der Waals surface area contributed by atoms with Gasteiger partial charge in [0.2, 0.25) is 0 Å². The maximum atomic E-state index is 11.2. The first-order valence-corrected chi connectivity index (χ1v) is 8.74. The molecule has 1 aliphatic rings. The molecule has 0 bridgehead atoms. The highest BCUT2D eigenvalue weighted by Gasteiger charge is 2.36. The molecular weight excluding hydrogens is 298 g/mol. The Morgan fingerprint density at radius 3 is 2.71 bits per heavy atom. The fourth-order valence-electron chi connectivity index (χ4n) is 3.50. The number of hydrogen-bond acceptors (Lipinski definition) is 3. The molecule has 0 aliphatic carbocycles. The van der Waals surface area contributed by atoms with E-state index in [0.717, 1.165) is 42.8 Å². The number of hydrogen-bond donors (Lipinski definition) is 1. The lowest BCUT2D eigenvalue weighted by Crippen LogP contribution is -2.43. The van der Waals surface area contributed by atoms with Gasteiger partial charge in [-0.2, -0.15) is 0 Å². The van der Waals surface area contributed by atoms with E-state index in [2.05, 4.69) is 24.1 Å². The van der Waals surface area contributed by atoms with Gasteiger partial charge in [0.1, 0.15) is 12.4 Å². The first-order chi connectivity index (χ1) is 11.6. The monoisotopic (exact) mass is 325 g/mol. The highest BCUT2D eigenvalue weighted by molar-refractivity contribution is 5.33. The Labute approximate surface area is 144 Å². The van der Waals surface area contributed by atoms with Crippen molar-refractivity contribution in [1.82, 2.24) is 4.90 Å². The summed E-state index contributed by atoms with van der Waals surface area (Å²) < 4.78 is 5.91. The van der Waals surface area contributed by atoms with Gasteiger partial charge in [-0.15, -0.1) is 0 Å². The van der Waals surface area contributed by atoms with Gasteiger partial charge in [-0.3, -0.25) is 0 Å². The zero-order chi connectivity index (χ0) is 17.0. The lowest BCUT2D eigenvalue weighted by atomic mass is 9.78. The van der Waals surface area contributed by atoms with Crippen molar-refractivity contribution < 1.29 is 9.84 Å². The predicted octanol–water partition coefficient (Wildman–Crippen LogP) is 3.81. The molecule has 3 heteroatoms. The lowest BCUT2D eigenvalue weighted by molar-refractivity contribution is -0.0341. The van der Waals surface area contributed by atoms with Crippen LogP contribution in [-0.2, 0) is 12.2 Å². The van der Waals surface area contributed by atoms with Gasteiger partial charge in [-0.1, -0.05) is 42.5 Å². The molecule has 24 heavy (non-hydrogen) atoms. The third-order valence-corrected chi connectivity index (χ3v) is 5.09. The summed E-state index contributed by atoms with van der Waals surface area (Å²) in [7, 11) is 2.13. The third-order valence-electron chi connectivity index (χ3n) is 5.09. The molecule has 2 atom stereocenters. The molecule has 128 valence electrons. The molecule has 2 aromatic rings. The Morgan fingerprint density at radius 2 is 1.96 bits per heavy atom. The zero-order valence-corrected chi connectivity index (χ0v) is 14.6. The molecule has 3 rings (SSSR count). The van der Waals surface area contributed by atoms with Crippen molar-refractivity contribution in [1.29, 1.82) is 0 Å². The molecule has 1 saturated heterocycles. The number of aliphatic hydroxyl groups is 1. The topological polar surface area (TPSA) is 32.7 Å². The van der Waals surface area contributed by atoms with Crippen molar-refractivity contribution >= 4 is 0 Å². The summed E-state index contributed by atoms with van der Waals surface area (Å²) in [6.45, 7) is 4.53. The minimum Gasteiger partial charge on any atom is -0.489 e. The Morgan fingerprint density at radius 1 is 1.17 bits per heavy atom.